The van der Waals surface area contributed by atoms with Gasteiger partial charge in [0.15, 0.2) is 17.7 Å². The molecular weight excluding hydrogens is 382 g/mol. The molecule has 0 bridgehead atoms. The molecule has 3 heterocycles. The molecule has 0 fully saturated rings. The summed E-state index contributed by atoms with van der Waals surface area (Å²) < 4.78 is 0. The van der Waals surface area contributed by atoms with Crippen molar-refractivity contribution >= 4 is 28.9 Å². The number of oxime groups is 1. The first-order valence-electron chi connectivity index (χ1n) is 7.99. The summed E-state index contributed by atoms with van der Waals surface area (Å²) in [6, 6.07) is 13.6. The van der Waals surface area contributed by atoms with Gasteiger partial charge in [0.25, 0.3) is 5.56 Å². The minimum absolute atomic E-state index is 0.0362. The Balaban J connectivity index is 1.58. The van der Waals surface area contributed by atoms with Crippen LogP contribution >= 0.6 is 23.1 Å². The number of H-pyrrole nitrogens is 1. The molecule has 0 saturated carbocycles. The van der Waals surface area contributed by atoms with Crippen molar-refractivity contribution in [3.63, 3.8) is 0 Å². The van der Waals surface area contributed by atoms with E-state index in [-0.39, 0.29) is 5.56 Å². The number of hydrogen-bond acceptors (Lipinski definition) is 8. The van der Waals surface area contributed by atoms with E-state index in [9.17, 15) is 10.1 Å². The molecule has 9 heteroatoms. The molecule has 0 radical (unpaired) electrons. The lowest BCUT2D eigenvalue weighted by Crippen LogP contribution is -2.19. The van der Waals surface area contributed by atoms with Gasteiger partial charge in [-0.25, -0.2) is 4.98 Å². The van der Waals surface area contributed by atoms with Gasteiger partial charge in [-0.15, -0.1) is 11.3 Å². The van der Waals surface area contributed by atoms with Gasteiger partial charge >= 0.3 is 0 Å². The van der Waals surface area contributed by atoms with Crippen molar-refractivity contribution in [1.82, 2.24) is 15.3 Å². The summed E-state index contributed by atoms with van der Waals surface area (Å²) >= 11 is 2.85. The average Bonchev–Trinajstić information content (AvgIpc) is 3.40. The van der Waals surface area contributed by atoms with Crippen molar-refractivity contribution in [2.45, 2.75) is 10.9 Å². The standard InChI is InChI=1S/C18H13N5O2S2/c19-8-13-15(14-5-2-6-26-14)21-18(22-17(13)24)27-9-11-3-1-4-12(7-11)16-20-10-25-23-16/h1-7H,9-10H2,(H,20,23)(H,21,22,24). The van der Waals surface area contributed by atoms with E-state index in [0.29, 0.717) is 29.2 Å². The van der Waals surface area contributed by atoms with E-state index in [1.54, 1.807) is 0 Å². The van der Waals surface area contributed by atoms with E-state index < -0.39 is 5.56 Å². The van der Waals surface area contributed by atoms with Gasteiger partial charge < -0.3 is 15.1 Å². The molecule has 134 valence electrons. The zero-order valence-electron chi connectivity index (χ0n) is 13.9. The first-order chi connectivity index (χ1) is 13.2. The normalized spacial score (nSPS) is 12.8. The van der Waals surface area contributed by atoms with Gasteiger partial charge in [0, 0.05) is 11.3 Å². The van der Waals surface area contributed by atoms with Gasteiger partial charge in [-0.2, -0.15) is 5.26 Å². The number of thiophene rings is 1. The predicted octanol–water partition coefficient (Wildman–Crippen LogP) is 2.90. The molecule has 0 saturated heterocycles. The van der Waals surface area contributed by atoms with Gasteiger partial charge in [0.1, 0.15) is 17.3 Å². The average molecular weight is 395 g/mol. The summed E-state index contributed by atoms with van der Waals surface area (Å²) in [6.45, 7) is 0.371. The number of aromatic amines is 1. The first kappa shape index (κ1) is 17.3. The fourth-order valence-electron chi connectivity index (χ4n) is 2.56. The molecular formula is C18H13N5O2S2. The quantitative estimate of drug-likeness (QED) is 0.509. The summed E-state index contributed by atoms with van der Waals surface area (Å²) in [7, 11) is 0. The second-order valence-corrected chi connectivity index (χ2v) is 7.47. The van der Waals surface area contributed by atoms with Crippen LogP contribution in [0, 0.1) is 11.3 Å². The van der Waals surface area contributed by atoms with Crippen LogP contribution in [-0.2, 0) is 10.6 Å². The number of rotatable bonds is 5. The number of nitriles is 1. The molecule has 27 heavy (non-hydrogen) atoms. The summed E-state index contributed by atoms with van der Waals surface area (Å²) in [5, 5.41) is 18.7. The highest BCUT2D eigenvalue weighted by Gasteiger charge is 2.15. The molecule has 0 amide bonds. The van der Waals surface area contributed by atoms with Crippen LogP contribution in [0.1, 0.15) is 16.7 Å². The zero-order valence-corrected chi connectivity index (χ0v) is 15.6. The van der Waals surface area contributed by atoms with E-state index in [0.717, 1.165) is 16.0 Å². The van der Waals surface area contributed by atoms with Crippen LogP contribution in [0.3, 0.4) is 0 Å². The molecule has 0 atom stereocenters. The number of nitrogens with zero attached hydrogens (tertiary/aromatic N) is 3. The Morgan fingerprint density at radius 1 is 1.33 bits per heavy atom. The van der Waals surface area contributed by atoms with Crippen molar-refractivity contribution in [2.24, 2.45) is 5.16 Å². The fraction of sp³-hybridized carbons (Fsp3) is 0.111. The Labute approximate surface area is 162 Å². The van der Waals surface area contributed by atoms with E-state index in [2.05, 4.69) is 20.4 Å². The van der Waals surface area contributed by atoms with Gasteiger partial charge in [-0.3, -0.25) is 4.79 Å². The Hall–Kier alpha value is -3.09. The number of benzene rings is 1. The summed E-state index contributed by atoms with van der Waals surface area (Å²) in [4.78, 5) is 25.2. The summed E-state index contributed by atoms with van der Waals surface area (Å²) in [5.41, 5.74) is 2.03. The summed E-state index contributed by atoms with van der Waals surface area (Å²) in [5.74, 6) is 1.31. The molecule has 1 aliphatic heterocycles. The van der Waals surface area contributed by atoms with Crippen LogP contribution in [-0.4, -0.2) is 22.5 Å². The zero-order chi connectivity index (χ0) is 18.6. The smallest absolute Gasteiger partial charge is 0.270 e. The number of nitrogens with one attached hydrogen (secondary N) is 2. The van der Waals surface area contributed by atoms with Gasteiger partial charge in [-0.1, -0.05) is 41.2 Å². The molecule has 4 rings (SSSR count). The van der Waals surface area contributed by atoms with Crippen molar-refractivity contribution in [3.8, 4) is 16.6 Å². The monoisotopic (exact) mass is 395 g/mol. The number of hydrogen-bond donors (Lipinski definition) is 2. The third kappa shape index (κ3) is 3.72. The lowest BCUT2D eigenvalue weighted by molar-refractivity contribution is 0.164. The van der Waals surface area contributed by atoms with Gasteiger partial charge in [0.2, 0.25) is 0 Å². The van der Waals surface area contributed by atoms with Crippen molar-refractivity contribution < 1.29 is 4.84 Å². The van der Waals surface area contributed by atoms with Gasteiger partial charge in [-0.05, 0) is 23.1 Å². The van der Waals surface area contributed by atoms with E-state index in [1.807, 2.05) is 47.8 Å². The summed E-state index contributed by atoms with van der Waals surface area (Å²) in [6.07, 6.45) is 0. The molecule has 1 aromatic carbocycles. The Kier molecular flexibility index (Phi) is 4.91. The second kappa shape index (κ2) is 7.65. The minimum Gasteiger partial charge on any atom is -0.372 e. The van der Waals surface area contributed by atoms with E-state index >= 15 is 0 Å². The number of amidine groups is 1. The lowest BCUT2D eigenvalue weighted by atomic mass is 10.1. The predicted molar refractivity (Wildman–Crippen MR) is 105 cm³/mol. The molecule has 0 spiro atoms. The maximum absolute atomic E-state index is 12.3. The Morgan fingerprint density at radius 3 is 3.00 bits per heavy atom. The van der Waals surface area contributed by atoms with Crippen LogP contribution in [0.5, 0.6) is 0 Å². The highest BCUT2D eigenvalue weighted by atomic mass is 32.2. The molecule has 0 unspecified atom stereocenters. The van der Waals surface area contributed by atoms with Crippen LogP contribution < -0.4 is 10.9 Å². The molecule has 2 aromatic heterocycles. The first-order valence-corrected chi connectivity index (χ1v) is 9.85. The maximum atomic E-state index is 12.3. The number of thioether (sulfide) groups is 1. The molecule has 7 nitrogen and oxygen atoms in total. The molecule has 3 aromatic rings. The topological polar surface area (TPSA) is 103 Å². The van der Waals surface area contributed by atoms with E-state index in [1.165, 1.54) is 23.1 Å². The molecule has 1 aliphatic rings. The van der Waals surface area contributed by atoms with Crippen molar-refractivity contribution in [3.05, 3.63) is 68.8 Å². The third-order valence-electron chi connectivity index (χ3n) is 3.80. The minimum atomic E-state index is -0.422. The van der Waals surface area contributed by atoms with Gasteiger partial charge in [0.05, 0.1) is 4.88 Å². The van der Waals surface area contributed by atoms with Crippen molar-refractivity contribution in [2.75, 3.05) is 6.73 Å². The fourth-order valence-corrected chi connectivity index (χ4v) is 4.08. The third-order valence-corrected chi connectivity index (χ3v) is 5.62. The number of aromatic nitrogens is 2. The maximum Gasteiger partial charge on any atom is 0.270 e. The van der Waals surface area contributed by atoms with Crippen LogP contribution in [0.25, 0.3) is 10.6 Å². The van der Waals surface area contributed by atoms with Crippen LogP contribution in [0.2, 0.25) is 0 Å². The Bertz CT molecular complexity index is 1100. The second-order valence-electron chi connectivity index (χ2n) is 5.56. The highest BCUT2D eigenvalue weighted by molar-refractivity contribution is 7.98. The Morgan fingerprint density at radius 2 is 2.26 bits per heavy atom. The van der Waals surface area contributed by atoms with Crippen LogP contribution in [0.4, 0.5) is 0 Å². The van der Waals surface area contributed by atoms with Crippen LogP contribution in [0.15, 0.2) is 56.9 Å². The molecule has 0 aliphatic carbocycles. The molecule has 2 N–H and O–H groups in total. The SMILES string of the molecule is N#Cc1c(-c2cccs2)nc(SCc2cccc(C3=NOCN3)c2)[nH]c1=O. The largest absolute Gasteiger partial charge is 0.372 e. The lowest BCUT2D eigenvalue weighted by Gasteiger charge is -2.06. The highest BCUT2D eigenvalue weighted by Crippen LogP contribution is 2.27. The van der Waals surface area contributed by atoms with E-state index in [4.69, 9.17) is 4.84 Å². The van der Waals surface area contributed by atoms with Crippen molar-refractivity contribution in [1.29, 1.82) is 5.26 Å².